The molecule has 9 nitrogen and oxygen atoms in total. The van der Waals surface area contributed by atoms with Gasteiger partial charge in [0, 0.05) is 31.5 Å². The summed E-state index contributed by atoms with van der Waals surface area (Å²) in [5.74, 6) is 0.524. The quantitative estimate of drug-likeness (QED) is 0.613. The largest absolute Gasteiger partial charge is 0.304 e. The van der Waals surface area contributed by atoms with Gasteiger partial charge in [-0.1, -0.05) is 23.5 Å². The highest BCUT2D eigenvalue weighted by atomic mass is 32.2. The molecule has 2 heterocycles. The normalized spacial score (nSPS) is 11.5. The molecule has 2 N–H and O–H groups in total. The first-order valence-electron chi connectivity index (χ1n) is 7.55. The Bertz CT molecular complexity index is 1020. The average molecular weight is 392 g/mol. The molecule has 0 saturated heterocycles. The minimum absolute atomic E-state index is 0.112. The van der Waals surface area contributed by atoms with E-state index in [0.29, 0.717) is 0 Å². The van der Waals surface area contributed by atoms with Gasteiger partial charge in [-0.25, -0.2) is 18.1 Å². The molecule has 0 unspecified atom stereocenters. The van der Waals surface area contributed by atoms with E-state index in [4.69, 9.17) is 0 Å². The van der Waals surface area contributed by atoms with Crippen LogP contribution < -0.4 is 10.0 Å². The van der Waals surface area contributed by atoms with Crippen LogP contribution in [-0.2, 0) is 21.4 Å². The Hall–Kier alpha value is -2.63. The molecule has 0 bridgehead atoms. The number of aryl methyl sites for hydroxylation is 1. The number of aromatic nitrogens is 4. The zero-order chi connectivity index (χ0) is 18.7. The molecular weight excluding hydrogens is 376 g/mol. The smallest absolute Gasteiger partial charge is 0.270 e. The number of amides is 1. The van der Waals surface area contributed by atoms with Gasteiger partial charge in [-0.2, -0.15) is 0 Å². The monoisotopic (exact) mass is 392 g/mol. The van der Waals surface area contributed by atoms with Crippen molar-refractivity contribution in [2.75, 3.05) is 5.32 Å². The van der Waals surface area contributed by atoms with Crippen LogP contribution in [0.2, 0.25) is 0 Å². The molecule has 0 aliphatic carbocycles. The van der Waals surface area contributed by atoms with Crippen molar-refractivity contribution < 1.29 is 13.2 Å². The van der Waals surface area contributed by atoms with Crippen molar-refractivity contribution in [1.29, 1.82) is 0 Å². The minimum atomic E-state index is -3.81. The Balaban J connectivity index is 1.67. The first-order valence-corrected chi connectivity index (χ1v) is 9.85. The maximum Gasteiger partial charge on any atom is 0.270 e. The predicted octanol–water partition coefficient (Wildman–Crippen LogP) is 1.47. The van der Waals surface area contributed by atoms with Crippen LogP contribution in [0.5, 0.6) is 0 Å². The Morgan fingerprint density at radius 3 is 2.58 bits per heavy atom. The van der Waals surface area contributed by atoms with Crippen molar-refractivity contribution in [3.05, 3.63) is 48.0 Å². The van der Waals surface area contributed by atoms with Crippen LogP contribution in [0.3, 0.4) is 0 Å². The zero-order valence-corrected chi connectivity index (χ0v) is 15.6. The molecule has 0 fully saturated rings. The minimum Gasteiger partial charge on any atom is -0.304 e. The first kappa shape index (κ1) is 18.2. The lowest BCUT2D eigenvalue weighted by Gasteiger charge is -2.07. The van der Waals surface area contributed by atoms with Crippen molar-refractivity contribution in [2.24, 2.45) is 0 Å². The van der Waals surface area contributed by atoms with Gasteiger partial charge >= 0.3 is 0 Å². The van der Waals surface area contributed by atoms with Crippen LogP contribution in [0.15, 0.2) is 41.0 Å². The predicted molar refractivity (Wildman–Crippen MR) is 96.5 cm³/mol. The second-order valence-corrected chi connectivity index (χ2v) is 8.31. The molecular formula is C15H16N6O3S2. The molecule has 1 amide bonds. The number of sulfonamides is 1. The Morgan fingerprint density at radius 2 is 1.96 bits per heavy atom. The molecule has 0 spiro atoms. The van der Waals surface area contributed by atoms with Crippen LogP contribution in [0.25, 0.3) is 5.69 Å². The lowest BCUT2D eigenvalue weighted by Crippen LogP contribution is -2.23. The van der Waals surface area contributed by atoms with E-state index in [-0.39, 0.29) is 21.9 Å². The summed E-state index contributed by atoms with van der Waals surface area (Å²) in [4.78, 5) is 15.1. The first-order chi connectivity index (χ1) is 12.3. The van der Waals surface area contributed by atoms with Crippen molar-refractivity contribution >= 4 is 32.4 Å². The Morgan fingerprint density at radius 1 is 1.23 bits per heavy atom. The van der Waals surface area contributed by atoms with E-state index in [9.17, 15) is 13.2 Å². The van der Waals surface area contributed by atoms with Gasteiger partial charge in [-0.15, -0.1) is 10.2 Å². The van der Waals surface area contributed by atoms with Gasteiger partial charge in [-0.05, 0) is 24.6 Å². The third-order valence-corrected chi connectivity index (χ3v) is 6.03. The van der Waals surface area contributed by atoms with E-state index in [1.54, 1.807) is 6.20 Å². The van der Waals surface area contributed by atoms with Gasteiger partial charge in [0.2, 0.25) is 15.4 Å². The van der Waals surface area contributed by atoms with Crippen LogP contribution in [0, 0.1) is 6.92 Å². The number of imidazole rings is 1. The number of nitrogens with one attached hydrogen (secondary N) is 2. The van der Waals surface area contributed by atoms with Crippen LogP contribution in [0.1, 0.15) is 18.3 Å². The van der Waals surface area contributed by atoms with E-state index in [1.807, 2.05) is 42.0 Å². The summed E-state index contributed by atoms with van der Waals surface area (Å²) >= 11 is 0.791. The van der Waals surface area contributed by atoms with E-state index < -0.39 is 10.0 Å². The summed E-state index contributed by atoms with van der Waals surface area (Å²) < 4.78 is 28.7. The average Bonchev–Trinajstić information content (AvgIpc) is 3.22. The number of nitrogens with zero attached hydrogens (tertiary/aromatic N) is 4. The lowest BCUT2D eigenvalue weighted by molar-refractivity contribution is -0.114. The van der Waals surface area contributed by atoms with E-state index in [2.05, 4.69) is 25.2 Å². The third kappa shape index (κ3) is 4.12. The highest BCUT2D eigenvalue weighted by molar-refractivity contribution is 7.91. The SMILES string of the molecule is CC(=O)Nc1nnc(S(=O)(=O)NCc2ccc(-n3ccnc3C)cc2)s1. The molecule has 0 radical (unpaired) electrons. The van der Waals surface area contributed by atoms with Crippen molar-refractivity contribution in [3.63, 3.8) is 0 Å². The lowest BCUT2D eigenvalue weighted by atomic mass is 10.2. The highest BCUT2D eigenvalue weighted by Gasteiger charge is 2.20. The maximum absolute atomic E-state index is 12.3. The molecule has 136 valence electrons. The summed E-state index contributed by atoms with van der Waals surface area (Å²) in [5.41, 5.74) is 1.73. The number of carbonyl (C=O) groups is 1. The number of carbonyl (C=O) groups excluding carboxylic acids is 1. The molecule has 2 aromatic heterocycles. The number of rotatable bonds is 6. The number of hydrogen-bond donors (Lipinski definition) is 2. The van der Waals surface area contributed by atoms with Crippen LogP contribution in [-0.4, -0.2) is 34.1 Å². The fourth-order valence-corrected chi connectivity index (χ4v) is 4.19. The van der Waals surface area contributed by atoms with Crippen molar-refractivity contribution in [1.82, 2.24) is 24.5 Å². The maximum atomic E-state index is 12.3. The van der Waals surface area contributed by atoms with Gasteiger partial charge < -0.3 is 9.88 Å². The third-order valence-electron chi connectivity index (χ3n) is 3.43. The molecule has 0 aliphatic heterocycles. The van der Waals surface area contributed by atoms with Crippen LogP contribution in [0.4, 0.5) is 5.13 Å². The van der Waals surface area contributed by atoms with E-state index in [0.717, 1.165) is 28.4 Å². The van der Waals surface area contributed by atoms with Crippen molar-refractivity contribution in [2.45, 2.75) is 24.7 Å². The molecule has 0 aliphatic rings. The summed E-state index contributed by atoms with van der Waals surface area (Å²) in [6.07, 6.45) is 3.57. The van der Waals surface area contributed by atoms with Gasteiger partial charge in [0.15, 0.2) is 0 Å². The molecule has 0 atom stereocenters. The summed E-state index contributed by atoms with van der Waals surface area (Å²) in [7, 11) is -3.81. The van der Waals surface area contributed by atoms with Gasteiger partial charge in [0.05, 0.1) is 0 Å². The summed E-state index contributed by atoms with van der Waals surface area (Å²) in [5, 5.41) is 9.78. The fraction of sp³-hybridized carbons (Fsp3) is 0.200. The second-order valence-electron chi connectivity index (χ2n) is 5.39. The van der Waals surface area contributed by atoms with Crippen LogP contribution >= 0.6 is 11.3 Å². The number of benzene rings is 1. The molecule has 3 rings (SSSR count). The fourth-order valence-electron chi connectivity index (χ4n) is 2.18. The standard InChI is InChI=1S/C15H16N6O3S2/c1-10-16-7-8-21(10)13-5-3-12(4-6-13)9-17-26(23,24)15-20-19-14(25-15)18-11(2)22/h3-8,17H,9H2,1-2H3,(H,18,19,22). The summed E-state index contributed by atoms with van der Waals surface area (Å²) in [6.45, 7) is 3.32. The Labute approximate surface area is 154 Å². The second kappa shape index (κ2) is 7.32. The van der Waals surface area contributed by atoms with Gasteiger partial charge in [-0.3, -0.25) is 4.79 Å². The van der Waals surface area contributed by atoms with Gasteiger partial charge in [0.1, 0.15) is 5.82 Å². The summed E-state index contributed by atoms with van der Waals surface area (Å²) in [6, 6.07) is 7.44. The molecule has 3 aromatic rings. The topological polar surface area (TPSA) is 119 Å². The number of hydrogen-bond acceptors (Lipinski definition) is 7. The number of anilines is 1. The zero-order valence-electron chi connectivity index (χ0n) is 14.0. The molecule has 26 heavy (non-hydrogen) atoms. The molecule has 1 aromatic carbocycles. The molecule has 11 heteroatoms. The van der Waals surface area contributed by atoms with E-state index >= 15 is 0 Å². The molecule has 0 saturated carbocycles. The Kier molecular flexibility index (Phi) is 5.11. The van der Waals surface area contributed by atoms with E-state index in [1.165, 1.54) is 6.92 Å². The van der Waals surface area contributed by atoms with Gasteiger partial charge in [0.25, 0.3) is 10.0 Å². The van der Waals surface area contributed by atoms with Crippen molar-refractivity contribution in [3.8, 4) is 5.69 Å². The highest BCUT2D eigenvalue weighted by Crippen LogP contribution is 2.20.